The third-order valence-corrected chi connectivity index (χ3v) is 7.56. The molecular formula is C9H15NSn. The average Bonchev–Trinajstić information content (AvgIpc) is 1.86. The average molecular weight is 256 g/mol. The van der Waals surface area contributed by atoms with Crippen molar-refractivity contribution in [3.05, 3.63) is 24.0 Å². The summed E-state index contributed by atoms with van der Waals surface area (Å²) in [5.41, 5.74) is 1.12. The van der Waals surface area contributed by atoms with E-state index in [0.717, 1.165) is 5.69 Å². The van der Waals surface area contributed by atoms with Gasteiger partial charge in [0.15, 0.2) is 0 Å². The first-order chi connectivity index (χ1) is 5.00. The van der Waals surface area contributed by atoms with E-state index in [1.165, 1.54) is 3.58 Å². The zero-order valence-corrected chi connectivity index (χ0v) is 10.5. The van der Waals surface area contributed by atoms with Crippen LogP contribution in [0, 0.1) is 6.92 Å². The van der Waals surface area contributed by atoms with Crippen molar-refractivity contribution in [2.24, 2.45) is 0 Å². The van der Waals surface area contributed by atoms with Crippen molar-refractivity contribution in [1.29, 1.82) is 0 Å². The van der Waals surface area contributed by atoms with Crippen molar-refractivity contribution in [2.45, 2.75) is 21.7 Å². The van der Waals surface area contributed by atoms with E-state index in [9.17, 15) is 0 Å². The predicted molar refractivity (Wildman–Crippen MR) is 52.0 cm³/mol. The van der Waals surface area contributed by atoms with Crippen LogP contribution in [0.2, 0.25) is 14.8 Å². The molecule has 2 heteroatoms. The topological polar surface area (TPSA) is 12.9 Å². The minimum atomic E-state index is -1.81. The molecule has 0 amide bonds. The summed E-state index contributed by atoms with van der Waals surface area (Å²) >= 11 is -1.81. The molecule has 0 aromatic carbocycles. The molecule has 1 rings (SSSR count). The Kier molecular flexibility index (Phi) is 2.57. The van der Waals surface area contributed by atoms with Crippen molar-refractivity contribution in [3.63, 3.8) is 0 Å². The van der Waals surface area contributed by atoms with Crippen LogP contribution in [0.25, 0.3) is 0 Å². The van der Waals surface area contributed by atoms with Gasteiger partial charge in [-0.05, 0) is 0 Å². The third-order valence-electron chi connectivity index (χ3n) is 1.78. The van der Waals surface area contributed by atoms with E-state index in [2.05, 4.69) is 31.9 Å². The molecule has 60 valence electrons. The Morgan fingerprint density at radius 3 is 2.18 bits per heavy atom. The van der Waals surface area contributed by atoms with Crippen molar-refractivity contribution >= 4 is 22.0 Å². The molecule has 0 radical (unpaired) electrons. The van der Waals surface area contributed by atoms with Gasteiger partial charge in [-0.2, -0.15) is 0 Å². The Balaban J connectivity index is 2.99. The maximum absolute atomic E-state index is 4.30. The Morgan fingerprint density at radius 2 is 1.82 bits per heavy atom. The van der Waals surface area contributed by atoms with Crippen LogP contribution in [0.3, 0.4) is 0 Å². The fraction of sp³-hybridized carbons (Fsp3) is 0.444. The number of hydrogen-bond donors (Lipinski definition) is 0. The first-order valence-corrected chi connectivity index (χ1v) is 13.9. The van der Waals surface area contributed by atoms with Crippen molar-refractivity contribution in [3.8, 4) is 0 Å². The summed E-state index contributed by atoms with van der Waals surface area (Å²) in [7, 11) is 0. The van der Waals surface area contributed by atoms with Crippen LogP contribution >= 0.6 is 0 Å². The van der Waals surface area contributed by atoms with Gasteiger partial charge in [0, 0.05) is 0 Å². The normalized spacial score (nSPS) is 11.6. The summed E-state index contributed by atoms with van der Waals surface area (Å²) in [4.78, 5) is 11.5. The number of aryl methyl sites for hydroxylation is 1. The molecule has 0 saturated heterocycles. The van der Waals surface area contributed by atoms with Crippen molar-refractivity contribution in [1.82, 2.24) is 4.98 Å². The van der Waals surface area contributed by atoms with Crippen molar-refractivity contribution in [2.75, 3.05) is 0 Å². The second-order valence-electron chi connectivity index (χ2n) is 3.94. The third kappa shape index (κ3) is 2.47. The number of aromatic nitrogens is 1. The van der Waals surface area contributed by atoms with E-state index in [4.69, 9.17) is 0 Å². The second kappa shape index (κ2) is 3.13. The zero-order chi connectivity index (χ0) is 8.48. The molecule has 0 N–H and O–H groups in total. The Labute approximate surface area is 72.7 Å². The molecule has 0 unspecified atom stereocenters. The van der Waals surface area contributed by atoms with Crippen LogP contribution in [0.5, 0.6) is 0 Å². The standard InChI is InChI=1S/C6H6N.3CH3.Sn/c1-6-4-2-3-5-7-6;;;;/h2,4-5H,1H3;3*1H3;. The Morgan fingerprint density at radius 1 is 1.18 bits per heavy atom. The maximum atomic E-state index is 4.30. The molecule has 0 fully saturated rings. The molecular weight excluding hydrogens is 241 g/mol. The van der Waals surface area contributed by atoms with Crippen LogP contribution in [0.4, 0.5) is 0 Å². The van der Waals surface area contributed by atoms with E-state index in [1.54, 1.807) is 0 Å². The molecule has 1 heterocycles. The monoisotopic (exact) mass is 257 g/mol. The van der Waals surface area contributed by atoms with Crippen molar-refractivity contribution < 1.29 is 0 Å². The van der Waals surface area contributed by atoms with Crippen LogP contribution in [-0.4, -0.2) is 23.4 Å². The predicted octanol–water partition coefficient (Wildman–Crippen LogP) is 1.94. The van der Waals surface area contributed by atoms with E-state index in [0.29, 0.717) is 0 Å². The minimum absolute atomic E-state index is 1.12. The van der Waals surface area contributed by atoms with E-state index >= 15 is 0 Å². The SMILES string of the molecule is Cc1cc[c]([Sn]([CH3])([CH3])[CH3])cn1. The van der Waals surface area contributed by atoms with Gasteiger partial charge in [0.2, 0.25) is 0 Å². The summed E-state index contributed by atoms with van der Waals surface area (Å²) in [5, 5.41) is 0. The van der Waals surface area contributed by atoms with Crippen LogP contribution in [0.15, 0.2) is 18.3 Å². The first kappa shape index (κ1) is 9.04. The van der Waals surface area contributed by atoms with E-state index < -0.39 is 18.4 Å². The molecule has 1 nitrogen and oxygen atoms in total. The fourth-order valence-electron chi connectivity index (χ4n) is 0.911. The molecule has 0 atom stereocenters. The molecule has 0 saturated carbocycles. The van der Waals surface area contributed by atoms with Crippen LogP contribution < -0.4 is 3.58 Å². The summed E-state index contributed by atoms with van der Waals surface area (Å²) < 4.78 is 1.50. The summed E-state index contributed by atoms with van der Waals surface area (Å²) in [5.74, 6) is 0. The number of pyridine rings is 1. The van der Waals surface area contributed by atoms with Gasteiger partial charge >= 0.3 is 72.7 Å². The number of nitrogens with zero attached hydrogens (tertiary/aromatic N) is 1. The molecule has 0 bridgehead atoms. The van der Waals surface area contributed by atoms with Gasteiger partial charge in [-0.3, -0.25) is 0 Å². The van der Waals surface area contributed by atoms with Gasteiger partial charge in [-0.15, -0.1) is 0 Å². The summed E-state index contributed by atoms with van der Waals surface area (Å²) in [6, 6.07) is 4.34. The summed E-state index contributed by atoms with van der Waals surface area (Å²) in [6.45, 7) is 2.03. The molecule has 0 aliphatic rings. The van der Waals surface area contributed by atoms with Crippen LogP contribution in [-0.2, 0) is 0 Å². The zero-order valence-electron chi connectivity index (χ0n) is 7.68. The van der Waals surface area contributed by atoms with Gasteiger partial charge in [-0.1, -0.05) is 0 Å². The Hall–Kier alpha value is -0.0513. The Bertz CT molecular complexity index is 233. The fourth-order valence-corrected chi connectivity index (χ4v) is 3.87. The molecule has 1 aromatic rings. The molecule has 0 spiro atoms. The summed E-state index contributed by atoms with van der Waals surface area (Å²) in [6.07, 6.45) is 2.05. The van der Waals surface area contributed by atoms with Gasteiger partial charge in [0.25, 0.3) is 0 Å². The molecule has 0 aliphatic heterocycles. The van der Waals surface area contributed by atoms with Gasteiger partial charge in [0.05, 0.1) is 0 Å². The molecule has 11 heavy (non-hydrogen) atoms. The molecule has 1 aromatic heterocycles. The quantitative estimate of drug-likeness (QED) is 0.699. The van der Waals surface area contributed by atoms with Gasteiger partial charge in [-0.25, -0.2) is 0 Å². The van der Waals surface area contributed by atoms with Crippen LogP contribution in [0.1, 0.15) is 5.69 Å². The van der Waals surface area contributed by atoms with Gasteiger partial charge < -0.3 is 0 Å². The molecule has 0 aliphatic carbocycles. The van der Waals surface area contributed by atoms with E-state index in [-0.39, 0.29) is 0 Å². The second-order valence-corrected chi connectivity index (χ2v) is 18.4. The number of hydrogen-bond acceptors (Lipinski definition) is 1. The first-order valence-electron chi connectivity index (χ1n) is 3.93. The van der Waals surface area contributed by atoms with Gasteiger partial charge in [0.1, 0.15) is 0 Å². The van der Waals surface area contributed by atoms with E-state index in [1.807, 2.05) is 13.1 Å². The number of rotatable bonds is 1.